The van der Waals surface area contributed by atoms with Crippen molar-refractivity contribution in [3.05, 3.63) is 52.0 Å². The van der Waals surface area contributed by atoms with Crippen LogP contribution in [0.5, 0.6) is 5.75 Å². The Morgan fingerprint density at radius 2 is 1.90 bits per heavy atom. The molecule has 0 atom stereocenters. The fraction of sp³-hybridized carbons (Fsp3) is 0.458. The number of unbranched alkanes of at least 4 members (excludes halogenated alkanes) is 1. The monoisotopic (exact) mass is 462 g/mol. The quantitative estimate of drug-likeness (QED) is 0.464. The molecule has 2 aliphatic heterocycles. The normalized spacial score (nSPS) is 17.8. The van der Waals surface area contributed by atoms with Gasteiger partial charge >= 0.3 is 0 Å². The SMILES string of the molecule is C[N+]1(CCCCOc2ccc3c(c2)NC(=O)CC3)CCN(c2cccc(Cl)c2Cl)CC1. The lowest BCUT2D eigenvalue weighted by Gasteiger charge is -2.43. The number of halogens is 2. The molecule has 1 amide bonds. The van der Waals surface area contributed by atoms with Crippen LogP contribution in [0.25, 0.3) is 0 Å². The average molecular weight is 463 g/mol. The van der Waals surface area contributed by atoms with E-state index in [9.17, 15) is 4.79 Å². The molecule has 0 aliphatic carbocycles. The Labute approximate surface area is 194 Å². The molecule has 5 nitrogen and oxygen atoms in total. The van der Waals surface area contributed by atoms with Crippen LogP contribution in [0.2, 0.25) is 10.0 Å². The number of aryl methyl sites for hydroxylation is 1. The molecule has 166 valence electrons. The third-order valence-electron chi connectivity index (χ3n) is 6.43. The molecule has 0 unspecified atom stereocenters. The van der Waals surface area contributed by atoms with Crippen LogP contribution in [0, 0.1) is 0 Å². The van der Waals surface area contributed by atoms with Gasteiger partial charge in [-0.15, -0.1) is 0 Å². The van der Waals surface area contributed by atoms with Gasteiger partial charge < -0.3 is 19.4 Å². The zero-order valence-electron chi connectivity index (χ0n) is 18.0. The summed E-state index contributed by atoms with van der Waals surface area (Å²) >= 11 is 12.6. The molecule has 1 fully saturated rings. The number of rotatable bonds is 7. The van der Waals surface area contributed by atoms with E-state index in [0.29, 0.717) is 23.1 Å². The summed E-state index contributed by atoms with van der Waals surface area (Å²) in [6.07, 6.45) is 3.50. The molecular weight excluding hydrogens is 433 g/mol. The molecule has 2 heterocycles. The molecule has 0 spiro atoms. The van der Waals surface area contributed by atoms with Crippen LogP contribution in [0.1, 0.15) is 24.8 Å². The summed E-state index contributed by atoms with van der Waals surface area (Å²) in [6.45, 7) is 5.97. The molecular formula is C24H30Cl2N3O2+. The van der Waals surface area contributed by atoms with Gasteiger partial charge in [-0.2, -0.15) is 0 Å². The summed E-state index contributed by atoms with van der Waals surface area (Å²) in [5.74, 6) is 0.910. The van der Waals surface area contributed by atoms with E-state index in [1.54, 1.807) is 0 Å². The van der Waals surface area contributed by atoms with Crippen molar-refractivity contribution < 1.29 is 14.0 Å². The lowest BCUT2D eigenvalue weighted by Crippen LogP contribution is -2.57. The van der Waals surface area contributed by atoms with Crippen molar-refractivity contribution in [3.8, 4) is 5.75 Å². The molecule has 2 aliphatic rings. The summed E-state index contributed by atoms with van der Waals surface area (Å²) in [7, 11) is 2.34. The highest BCUT2D eigenvalue weighted by molar-refractivity contribution is 6.43. The average Bonchev–Trinajstić information content (AvgIpc) is 2.76. The van der Waals surface area contributed by atoms with E-state index in [2.05, 4.69) is 23.3 Å². The van der Waals surface area contributed by atoms with E-state index in [1.165, 1.54) is 5.56 Å². The summed E-state index contributed by atoms with van der Waals surface area (Å²) in [5, 5.41) is 4.20. The minimum atomic E-state index is 0.0827. The number of anilines is 2. The van der Waals surface area contributed by atoms with Gasteiger partial charge in [0.15, 0.2) is 0 Å². The smallest absolute Gasteiger partial charge is 0.224 e. The maximum absolute atomic E-state index is 11.6. The predicted molar refractivity (Wildman–Crippen MR) is 128 cm³/mol. The van der Waals surface area contributed by atoms with Crippen LogP contribution in [0.3, 0.4) is 0 Å². The zero-order chi connectivity index (χ0) is 21.8. The minimum absolute atomic E-state index is 0.0827. The van der Waals surface area contributed by atoms with Gasteiger partial charge in [0.1, 0.15) is 5.75 Å². The van der Waals surface area contributed by atoms with Crippen LogP contribution >= 0.6 is 23.2 Å². The van der Waals surface area contributed by atoms with E-state index in [4.69, 9.17) is 27.9 Å². The molecule has 7 heteroatoms. The number of fused-ring (bicyclic) bond motifs is 1. The molecule has 0 saturated carbocycles. The fourth-order valence-electron chi connectivity index (χ4n) is 4.38. The number of ether oxygens (including phenoxy) is 1. The summed E-state index contributed by atoms with van der Waals surface area (Å²) in [6, 6.07) is 11.8. The first-order chi connectivity index (χ1) is 14.9. The third kappa shape index (κ3) is 5.46. The Bertz CT molecular complexity index is 942. The van der Waals surface area contributed by atoms with Crippen molar-refractivity contribution in [2.24, 2.45) is 0 Å². The second-order valence-corrected chi connectivity index (χ2v) is 9.56. The van der Waals surface area contributed by atoms with Gasteiger partial charge in [-0.3, -0.25) is 4.79 Å². The molecule has 1 N–H and O–H groups in total. The lowest BCUT2D eigenvalue weighted by atomic mass is 10.0. The highest BCUT2D eigenvalue weighted by Crippen LogP contribution is 2.33. The van der Waals surface area contributed by atoms with E-state index in [-0.39, 0.29) is 5.91 Å². The molecule has 1 saturated heterocycles. The van der Waals surface area contributed by atoms with Gasteiger partial charge in [0.05, 0.1) is 62.1 Å². The Kier molecular flexibility index (Phi) is 6.95. The van der Waals surface area contributed by atoms with Crippen molar-refractivity contribution in [2.75, 3.05) is 56.6 Å². The minimum Gasteiger partial charge on any atom is -0.494 e. The maximum atomic E-state index is 11.6. The Morgan fingerprint density at radius 1 is 1.10 bits per heavy atom. The first kappa shape index (κ1) is 22.3. The van der Waals surface area contributed by atoms with Gasteiger partial charge in [0.25, 0.3) is 0 Å². The molecule has 2 aromatic rings. The number of quaternary nitrogens is 1. The second kappa shape index (κ2) is 9.68. The molecule has 0 aromatic heterocycles. The molecule has 4 rings (SSSR count). The standard InChI is InChI=1S/C24H29Cl2N3O2/c1-29(14-11-28(12-15-29)22-6-4-5-20(25)24(22)26)13-2-3-16-31-19-9-7-18-8-10-23(30)27-21(18)17-19/h4-7,9,17H,2-3,8,10-16H2,1H3/p+1. The Hall–Kier alpha value is -1.95. The van der Waals surface area contributed by atoms with Crippen molar-refractivity contribution in [1.29, 1.82) is 0 Å². The van der Waals surface area contributed by atoms with Gasteiger partial charge in [-0.25, -0.2) is 0 Å². The van der Waals surface area contributed by atoms with Crippen molar-refractivity contribution in [2.45, 2.75) is 25.7 Å². The number of nitrogens with zero attached hydrogens (tertiary/aromatic N) is 2. The molecule has 0 bridgehead atoms. The van der Waals surface area contributed by atoms with Crippen LogP contribution in [0.4, 0.5) is 11.4 Å². The summed E-state index contributed by atoms with van der Waals surface area (Å²) < 4.78 is 7.00. The predicted octanol–water partition coefficient (Wildman–Crippen LogP) is 5.00. The first-order valence-electron chi connectivity index (χ1n) is 11.0. The van der Waals surface area contributed by atoms with Gasteiger partial charge in [-0.1, -0.05) is 35.3 Å². The maximum Gasteiger partial charge on any atom is 0.224 e. The number of carbonyl (C=O) groups is 1. The molecule has 31 heavy (non-hydrogen) atoms. The number of piperazine rings is 1. The first-order valence-corrected chi connectivity index (χ1v) is 11.8. The lowest BCUT2D eigenvalue weighted by molar-refractivity contribution is -0.910. The zero-order valence-corrected chi connectivity index (χ0v) is 19.5. The highest BCUT2D eigenvalue weighted by Gasteiger charge is 2.29. The van der Waals surface area contributed by atoms with E-state index in [0.717, 1.165) is 73.6 Å². The van der Waals surface area contributed by atoms with E-state index >= 15 is 0 Å². The number of hydrogen-bond acceptors (Lipinski definition) is 3. The van der Waals surface area contributed by atoms with Crippen molar-refractivity contribution in [3.63, 3.8) is 0 Å². The number of carbonyl (C=O) groups excluding carboxylic acids is 1. The highest BCUT2D eigenvalue weighted by atomic mass is 35.5. The summed E-state index contributed by atoms with van der Waals surface area (Å²) in [5.41, 5.74) is 3.11. The van der Waals surface area contributed by atoms with Crippen LogP contribution < -0.4 is 15.0 Å². The van der Waals surface area contributed by atoms with E-state index < -0.39 is 0 Å². The van der Waals surface area contributed by atoms with Crippen LogP contribution in [0.15, 0.2) is 36.4 Å². The number of amides is 1. The van der Waals surface area contributed by atoms with Crippen molar-refractivity contribution in [1.82, 2.24) is 0 Å². The molecule has 0 radical (unpaired) electrons. The van der Waals surface area contributed by atoms with Gasteiger partial charge in [0, 0.05) is 18.2 Å². The van der Waals surface area contributed by atoms with Crippen LogP contribution in [-0.2, 0) is 11.2 Å². The van der Waals surface area contributed by atoms with Crippen molar-refractivity contribution >= 4 is 40.5 Å². The van der Waals surface area contributed by atoms with Gasteiger partial charge in [-0.05, 0) is 43.0 Å². The third-order valence-corrected chi connectivity index (χ3v) is 7.24. The Balaban J connectivity index is 1.20. The van der Waals surface area contributed by atoms with Crippen LogP contribution in [-0.4, -0.2) is 56.8 Å². The molecule has 2 aromatic carbocycles. The number of nitrogens with one attached hydrogen (secondary N) is 1. The fourth-order valence-corrected chi connectivity index (χ4v) is 4.79. The topological polar surface area (TPSA) is 41.6 Å². The largest absolute Gasteiger partial charge is 0.494 e. The Morgan fingerprint density at radius 3 is 2.71 bits per heavy atom. The number of hydrogen-bond donors (Lipinski definition) is 1. The number of benzene rings is 2. The van der Waals surface area contributed by atoms with E-state index in [1.807, 2.05) is 30.3 Å². The second-order valence-electron chi connectivity index (χ2n) is 8.77. The summed E-state index contributed by atoms with van der Waals surface area (Å²) in [4.78, 5) is 13.9. The number of likely N-dealkylation sites (N-methyl/N-ethyl adjacent to an activating group) is 1. The van der Waals surface area contributed by atoms with Gasteiger partial charge in [0.2, 0.25) is 5.91 Å².